The third-order valence-electron chi connectivity index (χ3n) is 4.85. The van der Waals surface area contributed by atoms with E-state index in [0.717, 1.165) is 30.3 Å². The summed E-state index contributed by atoms with van der Waals surface area (Å²) in [6.45, 7) is 4.85. The predicted octanol–water partition coefficient (Wildman–Crippen LogP) is 4.55. The van der Waals surface area contributed by atoms with Crippen LogP contribution in [-0.2, 0) is 6.61 Å². The summed E-state index contributed by atoms with van der Waals surface area (Å²) in [6.07, 6.45) is 2.52. The molecule has 0 spiro atoms. The molecule has 2 heterocycles. The Kier molecular flexibility index (Phi) is 4.86. The van der Waals surface area contributed by atoms with E-state index < -0.39 is 0 Å². The molecule has 2 aromatic carbocycles. The summed E-state index contributed by atoms with van der Waals surface area (Å²) in [7, 11) is 0. The van der Waals surface area contributed by atoms with Crippen LogP contribution in [0.3, 0.4) is 0 Å². The van der Waals surface area contributed by atoms with Gasteiger partial charge in [0, 0.05) is 24.3 Å². The van der Waals surface area contributed by atoms with E-state index in [1.165, 1.54) is 18.5 Å². The van der Waals surface area contributed by atoms with Crippen molar-refractivity contribution < 1.29 is 9.26 Å². The van der Waals surface area contributed by atoms with Crippen LogP contribution < -0.4 is 9.64 Å². The van der Waals surface area contributed by atoms with Gasteiger partial charge in [-0.2, -0.15) is 4.98 Å². The Morgan fingerprint density at radius 3 is 2.50 bits per heavy atom. The van der Waals surface area contributed by atoms with Crippen molar-refractivity contribution in [1.29, 1.82) is 0 Å². The Balaban J connectivity index is 1.39. The molecule has 1 saturated heterocycles. The zero-order valence-electron chi connectivity index (χ0n) is 15.0. The highest BCUT2D eigenvalue weighted by molar-refractivity contribution is 5.60. The number of nitrogens with zero attached hydrogens (tertiary/aromatic N) is 3. The summed E-state index contributed by atoms with van der Waals surface area (Å²) in [6, 6.07) is 18.0. The number of piperidine rings is 1. The van der Waals surface area contributed by atoms with Gasteiger partial charge in [0.25, 0.3) is 5.89 Å². The first kappa shape index (κ1) is 16.6. The number of aromatic nitrogens is 2. The van der Waals surface area contributed by atoms with Gasteiger partial charge in [0.1, 0.15) is 5.75 Å². The van der Waals surface area contributed by atoms with Crippen molar-refractivity contribution in [2.45, 2.75) is 26.4 Å². The van der Waals surface area contributed by atoms with E-state index in [9.17, 15) is 0 Å². The molecule has 134 valence electrons. The number of hydrogen-bond acceptors (Lipinski definition) is 5. The van der Waals surface area contributed by atoms with Crippen molar-refractivity contribution in [2.75, 3.05) is 18.0 Å². The maximum absolute atomic E-state index is 5.65. The lowest BCUT2D eigenvalue weighted by Crippen LogP contribution is -2.32. The van der Waals surface area contributed by atoms with E-state index in [-0.39, 0.29) is 6.61 Å². The van der Waals surface area contributed by atoms with Crippen molar-refractivity contribution in [3.63, 3.8) is 0 Å². The number of para-hydroxylation sites is 1. The molecule has 5 nitrogen and oxygen atoms in total. The lowest BCUT2D eigenvalue weighted by Gasteiger charge is -2.32. The van der Waals surface area contributed by atoms with Crippen molar-refractivity contribution in [3.05, 3.63) is 60.5 Å². The minimum atomic E-state index is 0.265. The molecule has 0 atom stereocenters. The fourth-order valence-corrected chi connectivity index (χ4v) is 3.18. The van der Waals surface area contributed by atoms with Gasteiger partial charge in [0.15, 0.2) is 6.61 Å². The first-order valence-corrected chi connectivity index (χ1v) is 9.14. The quantitative estimate of drug-likeness (QED) is 0.676. The number of benzene rings is 2. The first-order valence-electron chi connectivity index (χ1n) is 9.14. The van der Waals surface area contributed by atoms with E-state index in [1.54, 1.807) is 0 Å². The Morgan fingerprint density at radius 2 is 1.77 bits per heavy atom. The summed E-state index contributed by atoms with van der Waals surface area (Å²) >= 11 is 0. The smallest absolute Gasteiger partial charge is 0.264 e. The minimum absolute atomic E-state index is 0.265. The fraction of sp³-hybridized carbons (Fsp3) is 0.333. The van der Waals surface area contributed by atoms with E-state index in [2.05, 4.69) is 46.2 Å². The number of hydrogen-bond donors (Lipinski definition) is 0. The SMILES string of the molecule is CC1CCN(c2ccc(-c3noc(COc4ccccc4)n3)cc2)CC1. The third-order valence-corrected chi connectivity index (χ3v) is 4.85. The minimum Gasteiger partial charge on any atom is -0.484 e. The molecule has 0 saturated carbocycles. The number of anilines is 1. The van der Waals surface area contributed by atoms with Gasteiger partial charge in [-0.3, -0.25) is 0 Å². The van der Waals surface area contributed by atoms with Crippen LogP contribution in [0.2, 0.25) is 0 Å². The van der Waals surface area contributed by atoms with E-state index >= 15 is 0 Å². The van der Waals surface area contributed by atoms with Crippen LogP contribution >= 0.6 is 0 Å². The lowest BCUT2D eigenvalue weighted by atomic mass is 9.98. The fourth-order valence-electron chi connectivity index (χ4n) is 3.18. The molecule has 0 bridgehead atoms. The second-order valence-electron chi connectivity index (χ2n) is 6.83. The maximum Gasteiger partial charge on any atom is 0.264 e. The average molecular weight is 349 g/mol. The van der Waals surface area contributed by atoms with Crippen LogP contribution in [0.25, 0.3) is 11.4 Å². The van der Waals surface area contributed by atoms with E-state index in [0.29, 0.717) is 11.7 Å². The van der Waals surface area contributed by atoms with Gasteiger partial charge < -0.3 is 14.2 Å². The van der Waals surface area contributed by atoms with Gasteiger partial charge in [-0.15, -0.1) is 0 Å². The highest BCUT2D eigenvalue weighted by atomic mass is 16.5. The van der Waals surface area contributed by atoms with Crippen molar-refractivity contribution in [2.24, 2.45) is 5.92 Å². The van der Waals surface area contributed by atoms with Crippen LogP contribution in [0.15, 0.2) is 59.1 Å². The van der Waals surface area contributed by atoms with Gasteiger partial charge in [0.05, 0.1) is 0 Å². The molecule has 26 heavy (non-hydrogen) atoms. The van der Waals surface area contributed by atoms with Crippen LogP contribution in [0, 0.1) is 5.92 Å². The Hall–Kier alpha value is -2.82. The average Bonchev–Trinajstić information content (AvgIpc) is 3.17. The molecular formula is C21H23N3O2. The van der Waals surface area contributed by atoms with Crippen molar-refractivity contribution >= 4 is 5.69 Å². The Labute approximate surface area is 153 Å². The zero-order valence-corrected chi connectivity index (χ0v) is 15.0. The molecule has 1 fully saturated rings. The zero-order chi connectivity index (χ0) is 17.8. The highest BCUT2D eigenvalue weighted by Crippen LogP contribution is 2.25. The highest BCUT2D eigenvalue weighted by Gasteiger charge is 2.16. The number of rotatable bonds is 5. The maximum atomic E-state index is 5.65. The molecule has 5 heteroatoms. The van der Waals surface area contributed by atoms with Gasteiger partial charge in [-0.05, 0) is 55.2 Å². The van der Waals surface area contributed by atoms with Crippen LogP contribution in [0.4, 0.5) is 5.69 Å². The second-order valence-corrected chi connectivity index (χ2v) is 6.83. The molecule has 0 aliphatic carbocycles. The molecule has 0 unspecified atom stereocenters. The monoisotopic (exact) mass is 349 g/mol. The normalized spacial score (nSPS) is 15.2. The molecule has 3 aromatic rings. The molecule has 4 rings (SSSR count). The second kappa shape index (κ2) is 7.60. The Morgan fingerprint density at radius 1 is 1.04 bits per heavy atom. The third kappa shape index (κ3) is 3.87. The van der Waals surface area contributed by atoms with Crippen LogP contribution in [0.1, 0.15) is 25.7 Å². The molecular weight excluding hydrogens is 326 g/mol. The molecule has 1 aromatic heterocycles. The molecule has 0 radical (unpaired) electrons. The van der Waals surface area contributed by atoms with Gasteiger partial charge in [-0.25, -0.2) is 0 Å². The predicted molar refractivity (Wildman–Crippen MR) is 101 cm³/mol. The molecule has 0 N–H and O–H groups in total. The topological polar surface area (TPSA) is 51.4 Å². The molecule has 1 aliphatic rings. The summed E-state index contributed by atoms with van der Waals surface area (Å²) in [5, 5.41) is 4.07. The first-order chi connectivity index (χ1) is 12.8. The van der Waals surface area contributed by atoms with Crippen molar-refractivity contribution in [1.82, 2.24) is 10.1 Å². The summed E-state index contributed by atoms with van der Waals surface area (Å²) in [5.74, 6) is 2.68. The Bertz CT molecular complexity index is 822. The van der Waals surface area contributed by atoms with Gasteiger partial charge >= 0.3 is 0 Å². The number of ether oxygens (including phenoxy) is 1. The van der Waals surface area contributed by atoms with E-state index in [1.807, 2.05) is 30.3 Å². The van der Waals surface area contributed by atoms with Gasteiger partial charge in [0.2, 0.25) is 5.82 Å². The molecule has 0 amide bonds. The largest absolute Gasteiger partial charge is 0.484 e. The standard InChI is InChI=1S/C21H23N3O2/c1-16-11-13-24(14-12-16)18-9-7-17(8-10-18)21-22-20(26-23-21)15-25-19-5-3-2-4-6-19/h2-10,16H,11-15H2,1H3. The van der Waals surface area contributed by atoms with E-state index in [4.69, 9.17) is 9.26 Å². The van der Waals surface area contributed by atoms with Gasteiger partial charge in [-0.1, -0.05) is 30.3 Å². The van der Waals surface area contributed by atoms with Crippen LogP contribution in [0.5, 0.6) is 5.75 Å². The summed E-state index contributed by atoms with van der Waals surface area (Å²) < 4.78 is 10.9. The van der Waals surface area contributed by atoms with Crippen molar-refractivity contribution in [3.8, 4) is 17.1 Å². The summed E-state index contributed by atoms with van der Waals surface area (Å²) in [4.78, 5) is 6.87. The summed E-state index contributed by atoms with van der Waals surface area (Å²) in [5.41, 5.74) is 2.21. The lowest BCUT2D eigenvalue weighted by molar-refractivity contribution is 0.243. The van der Waals surface area contributed by atoms with Crippen LogP contribution in [-0.4, -0.2) is 23.2 Å². The molecule has 1 aliphatic heterocycles.